The topological polar surface area (TPSA) is 18.5 Å². The predicted molar refractivity (Wildman–Crippen MR) is 53.7 cm³/mol. The second-order valence-electron chi connectivity index (χ2n) is 3.81. The van der Waals surface area contributed by atoms with Crippen molar-refractivity contribution in [3.05, 3.63) is 0 Å². The van der Waals surface area contributed by atoms with Gasteiger partial charge in [0.1, 0.15) is 6.79 Å². The van der Waals surface area contributed by atoms with Crippen molar-refractivity contribution in [3.8, 4) is 0 Å². The lowest BCUT2D eigenvalue weighted by Gasteiger charge is -2.22. The van der Waals surface area contributed by atoms with Gasteiger partial charge in [0, 0.05) is 0 Å². The van der Waals surface area contributed by atoms with Gasteiger partial charge in [0.05, 0.1) is 12.7 Å². The monoisotopic (exact) mass is 186 g/mol. The molecule has 1 rings (SSSR count). The molecule has 13 heavy (non-hydrogen) atoms. The minimum atomic E-state index is 0.482. The maximum atomic E-state index is 5.46. The van der Waals surface area contributed by atoms with Gasteiger partial charge in [-0.1, -0.05) is 39.0 Å². The lowest BCUT2D eigenvalue weighted by molar-refractivity contribution is -0.140. The summed E-state index contributed by atoms with van der Waals surface area (Å²) in [6.45, 7) is 3.65. The molecule has 1 heterocycles. The third-order valence-corrected chi connectivity index (χ3v) is 2.60. The molecule has 1 aliphatic heterocycles. The molecular formula is C11H22O2. The molecular weight excluding hydrogens is 164 g/mol. The van der Waals surface area contributed by atoms with Gasteiger partial charge in [0.2, 0.25) is 0 Å². The molecule has 0 aromatic heterocycles. The van der Waals surface area contributed by atoms with E-state index in [-0.39, 0.29) is 0 Å². The third kappa shape index (κ3) is 5.27. The van der Waals surface area contributed by atoms with Crippen LogP contribution in [0.4, 0.5) is 0 Å². The molecule has 0 bridgehead atoms. The first-order chi connectivity index (χ1) is 6.43. The normalized spacial score (nSPS) is 23.3. The molecule has 0 N–H and O–H groups in total. The van der Waals surface area contributed by atoms with Gasteiger partial charge in [-0.3, -0.25) is 0 Å². The second-order valence-corrected chi connectivity index (χ2v) is 3.81. The summed E-state index contributed by atoms with van der Waals surface area (Å²) in [5.74, 6) is 0. The summed E-state index contributed by atoms with van der Waals surface area (Å²) in [5, 5.41) is 0. The summed E-state index contributed by atoms with van der Waals surface area (Å²) in [4.78, 5) is 0. The Hall–Kier alpha value is -0.0800. The smallest absolute Gasteiger partial charge is 0.147 e. The van der Waals surface area contributed by atoms with E-state index in [9.17, 15) is 0 Å². The van der Waals surface area contributed by atoms with E-state index in [2.05, 4.69) is 6.92 Å². The summed E-state index contributed by atoms with van der Waals surface area (Å²) in [5.41, 5.74) is 0. The molecule has 0 amide bonds. The number of hydrogen-bond donors (Lipinski definition) is 0. The first-order valence-electron chi connectivity index (χ1n) is 5.63. The predicted octanol–water partition coefficient (Wildman–Crippen LogP) is 3.11. The van der Waals surface area contributed by atoms with Gasteiger partial charge in [0.15, 0.2) is 0 Å². The molecule has 0 saturated carbocycles. The zero-order valence-corrected chi connectivity index (χ0v) is 8.76. The minimum Gasteiger partial charge on any atom is -0.355 e. The van der Waals surface area contributed by atoms with E-state index in [1.54, 1.807) is 0 Å². The highest BCUT2D eigenvalue weighted by Crippen LogP contribution is 2.14. The van der Waals surface area contributed by atoms with Crippen molar-refractivity contribution in [2.24, 2.45) is 0 Å². The van der Waals surface area contributed by atoms with Crippen LogP contribution in [0, 0.1) is 0 Å². The second kappa shape index (κ2) is 7.34. The maximum absolute atomic E-state index is 5.46. The van der Waals surface area contributed by atoms with Crippen LogP contribution in [0.5, 0.6) is 0 Å². The highest BCUT2D eigenvalue weighted by molar-refractivity contribution is 4.60. The van der Waals surface area contributed by atoms with Crippen molar-refractivity contribution in [1.82, 2.24) is 0 Å². The molecule has 0 aliphatic carbocycles. The fourth-order valence-corrected chi connectivity index (χ4v) is 1.70. The summed E-state index contributed by atoms with van der Waals surface area (Å²) in [6, 6.07) is 0. The SMILES string of the molecule is CCCCCCCC1CCOCO1. The van der Waals surface area contributed by atoms with Crippen LogP contribution >= 0.6 is 0 Å². The van der Waals surface area contributed by atoms with Gasteiger partial charge in [-0.05, 0) is 12.8 Å². The number of ether oxygens (including phenoxy) is 2. The summed E-state index contributed by atoms with van der Waals surface area (Å²) < 4.78 is 10.6. The van der Waals surface area contributed by atoms with Crippen molar-refractivity contribution in [3.63, 3.8) is 0 Å². The Morgan fingerprint density at radius 3 is 2.69 bits per heavy atom. The van der Waals surface area contributed by atoms with Crippen LogP contribution in [0.25, 0.3) is 0 Å². The lowest BCUT2D eigenvalue weighted by atomic mass is 10.1. The summed E-state index contributed by atoms with van der Waals surface area (Å²) in [7, 11) is 0. The van der Waals surface area contributed by atoms with Gasteiger partial charge < -0.3 is 9.47 Å². The maximum Gasteiger partial charge on any atom is 0.147 e. The first kappa shape index (κ1) is 11.0. The molecule has 1 atom stereocenters. The molecule has 1 saturated heterocycles. The fraction of sp³-hybridized carbons (Fsp3) is 1.00. The zero-order chi connectivity index (χ0) is 9.36. The standard InChI is InChI=1S/C11H22O2/c1-2-3-4-5-6-7-11-8-9-12-10-13-11/h11H,2-10H2,1H3. The molecule has 0 spiro atoms. The van der Waals surface area contributed by atoms with Crippen LogP contribution in [0.1, 0.15) is 51.9 Å². The average Bonchev–Trinajstić information content (AvgIpc) is 2.19. The molecule has 2 heteroatoms. The van der Waals surface area contributed by atoms with E-state index in [0.29, 0.717) is 12.9 Å². The van der Waals surface area contributed by atoms with Crippen LogP contribution in [0.3, 0.4) is 0 Å². The Labute approximate surface area is 81.6 Å². The van der Waals surface area contributed by atoms with Crippen molar-refractivity contribution in [2.75, 3.05) is 13.4 Å². The molecule has 78 valence electrons. The van der Waals surface area contributed by atoms with Crippen LogP contribution in [0.15, 0.2) is 0 Å². The van der Waals surface area contributed by atoms with Crippen LogP contribution in [-0.4, -0.2) is 19.5 Å². The molecule has 1 unspecified atom stereocenters. The first-order valence-corrected chi connectivity index (χ1v) is 5.63. The van der Waals surface area contributed by atoms with Gasteiger partial charge in [-0.15, -0.1) is 0 Å². The molecule has 1 aliphatic rings. The Morgan fingerprint density at radius 1 is 1.15 bits per heavy atom. The number of hydrogen-bond acceptors (Lipinski definition) is 2. The highest BCUT2D eigenvalue weighted by atomic mass is 16.7. The highest BCUT2D eigenvalue weighted by Gasteiger charge is 2.12. The summed E-state index contributed by atoms with van der Waals surface area (Å²) >= 11 is 0. The van der Waals surface area contributed by atoms with E-state index in [1.165, 1.54) is 38.5 Å². The van der Waals surface area contributed by atoms with Crippen LogP contribution in [-0.2, 0) is 9.47 Å². The van der Waals surface area contributed by atoms with Gasteiger partial charge in [-0.2, -0.15) is 0 Å². The molecule has 1 fully saturated rings. The van der Waals surface area contributed by atoms with E-state index in [4.69, 9.17) is 9.47 Å². The van der Waals surface area contributed by atoms with E-state index >= 15 is 0 Å². The van der Waals surface area contributed by atoms with Gasteiger partial charge >= 0.3 is 0 Å². The quantitative estimate of drug-likeness (QED) is 0.593. The Balaban J connectivity index is 1.86. The number of unbranched alkanes of at least 4 members (excludes halogenated alkanes) is 4. The molecule has 0 aromatic carbocycles. The third-order valence-electron chi connectivity index (χ3n) is 2.60. The van der Waals surface area contributed by atoms with Crippen molar-refractivity contribution < 1.29 is 9.47 Å². The number of rotatable bonds is 6. The van der Waals surface area contributed by atoms with Gasteiger partial charge in [-0.25, -0.2) is 0 Å². The molecule has 0 aromatic rings. The molecule has 2 nitrogen and oxygen atoms in total. The minimum absolute atomic E-state index is 0.482. The van der Waals surface area contributed by atoms with Crippen molar-refractivity contribution in [1.29, 1.82) is 0 Å². The fourth-order valence-electron chi connectivity index (χ4n) is 1.70. The lowest BCUT2D eigenvalue weighted by Crippen LogP contribution is -2.23. The van der Waals surface area contributed by atoms with E-state index in [1.807, 2.05) is 0 Å². The van der Waals surface area contributed by atoms with Gasteiger partial charge in [0.25, 0.3) is 0 Å². The van der Waals surface area contributed by atoms with E-state index in [0.717, 1.165) is 13.0 Å². The summed E-state index contributed by atoms with van der Waals surface area (Å²) in [6.07, 6.45) is 9.60. The Morgan fingerprint density at radius 2 is 2.00 bits per heavy atom. The van der Waals surface area contributed by atoms with E-state index < -0.39 is 0 Å². The Kier molecular flexibility index (Phi) is 6.21. The van der Waals surface area contributed by atoms with Crippen LogP contribution in [0.2, 0.25) is 0 Å². The zero-order valence-electron chi connectivity index (χ0n) is 8.76. The molecule has 0 radical (unpaired) electrons. The Bertz CT molecular complexity index is 109. The van der Waals surface area contributed by atoms with Crippen LogP contribution < -0.4 is 0 Å². The average molecular weight is 186 g/mol. The largest absolute Gasteiger partial charge is 0.355 e. The van der Waals surface area contributed by atoms with Crippen molar-refractivity contribution >= 4 is 0 Å². The van der Waals surface area contributed by atoms with Crippen molar-refractivity contribution in [2.45, 2.75) is 58.0 Å².